The van der Waals surface area contributed by atoms with Crippen molar-refractivity contribution in [2.75, 3.05) is 33.0 Å². The van der Waals surface area contributed by atoms with Crippen LogP contribution in [-0.4, -0.2) is 58.6 Å². The Morgan fingerprint density at radius 3 is 0.840 bits per heavy atom. The summed E-state index contributed by atoms with van der Waals surface area (Å²) in [5, 5.41) is 37.8. The van der Waals surface area contributed by atoms with Crippen LogP contribution in [-0.2, 0) is 44.8 Å². The summed E-state index contributed by atoms with van der Waals surface area (Å²) in [4.78, 5) is 1.50. The van der Waals surface area contributed by atoms with Gasteiger partial charge in [-0.05, 0) is 34.6 Å². The zero-order chi connectivity index (χ0) is 19.8. The summed E-state index contributed by atoms with van der Waals surface area (Å²) in [7, 11) is 0. The first-order valence-electron chi connectivity index (χ1n) is 7.83. The Balaban J connectivity index is -0.0000000225. The van der Waals surface area contributed by atoms with E-state index in [0.29, 0.717) is 0 Å². The number of aliphatic hydroxyl groups excluding tert-OH is 5. The predicted octanol–water partition coefficient (Wildman–Crippen LogP) is 2.62. The van der Waals surface area contributed by atoms with Crippen molar-refractivity contribution in [2.24, 2.45) is 0 Å². The van der Waals surface area contributed by atoms with Crippen LogP contribution in [0.1, 0.15) is 60.3 Å². The van der Waals surface area contributed by atoms with Gasteiger partial charge in [-0.25, -0.2) is 0 Å². The van der Waals surface area contributed by atoms with Crippen molar-refractivity contribution in [3.63, 3.8) is 0 Å². The standard InChI is InChI=1S/C5H9.5C2H6O.N3.2Ta/c1-2-4-5-3-1;5*1-2-3;1-3-2;;/h1H,2-5H2;5*3H,2H2,1H3;;;/q-1;;;;;;-1;;+2. The minimum atomic E-state index is 0. The Bertz CT molecular complexity index is 134. The van der Waals surface area contributed by atoms with Crippen LogP contribution < -0.4 is 0 Å². The number of nitrogens with zero attached hydrogens (tertiary/aromatic N) is 3. The van der Waals surface area contributed by atoms with Crippen molar-refractivity contribution in [3.05, 3.63) is 22.4 Å². The summed E-state index contributed by atoms with van der Waals surface area (Å²) >= 11 is 0. The van der Waals surface area contributed by atoms with E-state index in [-0.39, 0.29) is 77.8 Å². The molecule has 2 radical (unpaired) electrons. The second kappa shape index (κ2) is 102. The molecule has 154 valence electrons. The van der Waals surface area contributed by atoms with Crippen LogP contribution in [0.25, 0.3) is 16.0 Å². The van der Waals surface area contributed by atoms with E-state index in [0.717, 1.165) is 0 Å². The van der Waals surface area contributed by atoms with Gasteiger partial charge in [0.25, 0.3) is 0 Å². The molecule has 0 aromatic carbocycles. The normalized spacial score (nSPS) is 8.72. The number of rotatable bonds is 0. The van der Waals surface area contributed by atoms with Crippen LogP contribution in [0.2, 0.25) is 0 Å². The van der Waals surface area contributed by atoms with Crippen LogP contribution in [0.4, 0.5) is 0 Å². The van der Waals surface area contributed by atoms with E-state index < -0.39 is 0 Å². The Hall–Kier alpha value is 0.591. The van der Waals surface area contributed by atoms with Crippen LogP contribution in [0.15, 0.2) is 0 Å². The average Bonchev–Trinajstić information content (AvgIpc) is 3.02. The summed E-state index contributed by atoms with van der Waals surface area (Å²) in [5.74, 6) is 0. The Kier molecular flexibility index (Phi) is 204. The molecule has 0 heterocycles. The monoisotopic (exact) mass is 703 g/mol. The number of aliphatic hydroxyl groups is 5. The second-order valence-electron chi connectivity index (χ2n) is 3.24. The third-order valence-electron chi connectivity index (χ3n) is 1.07. The van der Waals surface area contributed by atoms with E-state index in [1.165, 1.54) is 30.6 Å². The predicted molar refractivity (Wildman–Crippen MR) is 96.6 cm³/mol. The molecule has 1 saturated carbocycles. The van der Waals surface area contributed by atoms with E-state index in [1.54, 1.807) is 34.6 Å². The van der Waals surface area contributed by atoms with Gasteiger partial charge >= 0.3 is 22.4 Å². The van der Waals surface area contributed by atoms with E-state index >= 15 is 0 Å². The fourth-order valence-corrected chi connectivity index (χ4v) is 0.722. The van der Waals surface area contributed by atoms with Gasteiger partial charge in [0.1, 0.15) is 0 Å². The first kappa shape index (κ1) is 50.0. The molecule has 0 bridgehead atoms. The van der Waals surface area contributed by atoms with Gasteiger partial charge < -0.3 is 43.0 Å². The number of hydrogen-bond acceptors (Lipinski definition) is 5. The van der Waals surface area contributed by atoms with Gasteiger partial charge in [0.2, 0.25) is 0 Å². The summed E-state index contributed by atoms with van der Waals surface area (Å²) in [6.45, 7) is 9.65. The summed E-state index contributed by atoms with van der Waals surface area (Å²) in [6, 6.07) is 0. The molecule has 1 rings (SSSR count). The van der Waals surface area contributed by atoms with Gasteiger partial charge in [0, 0.05) is 55.4 Å². The zero-order valence-electron chi connectivity index (χ0n) is 16.4. The van der Waals surface area contributed by atoms with Crippen molar-refractivity contribution >= 4 is 0 Å². The summed E-state index contributed by atoms with van der Waals surface area (Å²) < 4.78 is 0. The average molecular weight is 703 g/mol. The first-order valence-corrected chi connectivity index (χ1v) is 7.83. The van der Waals surface area contributed by atoms with Crippen LogP contribution in [0.3, 0.4) is 0 Å². The molecule has 0 aromatic heterocycles. The maximum Gasteiger partial charge on any atom is 2.00 e. The fraction of sp³-hybridized carbons (Fsp3) is 0.933. The van der Waals surface area contributed by atoms with Gasteiger partial charge in [-0.15, -0.1) is 0 Å². The Morgan fingerprint density at radius 1 is 0.680 bits per heavy atom. The minimum Gasteiger partial charge on any atom is -0.397 e. The van der Waals surface area contributed by atoms with Crippen molar-refractivity contribution in [2.45, 2.75) is 60.3 Å². The molecule has 8 nitrogen and oxygen atoms in total. The molecular formula is C15H39N3O5Ta2. The van der Waals surface area contributed by atoms with E-state index in [2.05, 4.69) is 6.42 Å². The molecular weight excluding hydrogens is 664 g/mol. The maximum atomic E-state index is 7.57. The van der Waals surface area contributed by atoms with Crippen molar-refractivity contribution in [1.29, 1.82) is 0 Å². The van der Waals surface area contributed by atoms with Crippen LogP contribution >= 0.6 is 0 Å². The van der Waals surface area contributed by atoms with Gasteiger partial charge in [-0.3, -0.25) is 4.91 Å². The van der Waals surface area contributed by atoms with E-state index in [4.69, 9.17) is 36.6 Å². The molecule has 0 aromatic rings. The van der Waals surface area contributed by atoms with Crippen molar-refractivity contribution in [3.8, 4) is 0 Å². The largest absolute Gasteiger partial charge is 2.00 e. The molecule has 0 saturated heterocycles. The first-order chi connectivity index (χ1) is 11.0. The summed E-state index contributed by atoms with van der Waals surface area (Å²) in [5.41, 5.74) is 13.5. The Labute approximate surface area is 185 Å². The SMILES string of the molecule is CCO.CCO.CCO.CCO.CCO.[CH-]1CCCC1.[N-]=[N+]=[N-].[Ta+2].[Ta]. The minimum absolute atomic E-state index is 0. The van der Waals surface area contributed by atoms with Gasteiger partial charge in [-0.2, -0.15) is 12.8 Å². The van der Waals surface area contributed by atoms with Gasteiger partial charge in [0.05, 0.1) is 0 Å². The molecule has 1 aliphatic rings. The molecule has 10 heteroatoms. The molecule has 0 amide bonds. The molecule has 5 N–H and O–H groups in total. The van der Waals surface area contributed by atoms with Crippen molar-refractivity contribution in [1.82, 2.24) is 0 Å². The molecule has 25 heavy (non-hydrogen) atoms. The van der Waals surface area contributed by atoms with E-state index in [1.807, 2.05) is 0 Å². The molecule has 0 spiro atoms. The van der Waals surface area contributed by atoms with Gasteiger partial charge in [0.15, 0.2) is 0 Å². The molecule has 1 aliphatic carbocycles. The molecule has 0 atom stereocenters. The topological polar surface area (TPSA) is 160 Å². The third kappa shape index (κ3) is 402. The summed E-state index contributed by atoms with van der Waals surface area (Å²) in [6.07, 6.45) is 8.00. The Morgan fingerprint density at radius 2 is 0.800 bits per heavy atom. The van der Waals surface area contributed by atoms with Crippen molar-refractivity contribution < 1.29 is 70.3 Å². The van der Waals surface area contributed by atoms with Gasteiger partial charge in [-0.1, -0.05) is 12.8 Å². The third-order valence-corrected chi connectivity index (χ3v) is 1.07. The quantitative estimate of drug-likeness (QED) is 0.113. The molecule has 1 fully saturated rings. The van der Waals surface area contributed by atoms with E-state index in [9.17, 15) is 0 Å². The van der Waals surface area contributed by atoms with Crippen LogP contribution in [0.5, 0.6) is 0 Å². The maximum absolute atomic E-state index is 7.57. The number of hydrogen-bond donors (Lipinski definition) is 5. The fourth-order valence-electron chi connectivity index (χ4n) is 0.722. The van der Waals surface area contributed by atoms with Crippen LogP contribution in [0, 0.1) is 6.42 Å². The molecule has 0 unspecified atom stereocenters. The zero-order valence-corrected chi connectivity index (χ0v) is 22.8. The molecule has 0 aliphatic heterocycles. The second-order valence-corrected chi connectivity index (χ2v) is 3.24. The smallest absolute Gasteiger partial charge is 0.397 e.